The van der Waals surface area contributed by atoms with E-state index in [2.05, 4.69) is 0 Å². The van der Waals surface area contributed by atoms with E-state index < -0.39 is 7.82 Å². The molecule has 0 aromatic carbocycles. The number of phosphoric acid groups is 1. The minimum absolute atomic E-state index is 0. The Hall–Kier alpha value is 3.68. The van der Waals surface area contributed by atoms with Crippen LogP contribution in [0, 0.1) is 0 Å². The normalized spacial score (nSPS) is 5.90. The van der Waals surface area contributed by atoms with Crippen LogP contribution in [-0.2, 0) is 4.57 Å². The minimum Gasteiger partial charge on any atom is -1.00 e. The Bertz CT molecular complexity index is 81.5. The first-order chi connectivity index (χ1) is 2.00. The predicted octanol–water partition coefficient (Wildman–Crippen LogP) is -3.29. The van der Waals surface area contributed by atoms with Crippen LogP contribution in [0.4, 0.5) is 0 Å². The topological polar surface area (TPSA) is 86.2 Å². The molecule has 0 aromatic rings. The third-order valence-corrected chi connectivity index (χ3v) is 0. The van der Waals surface area contributed by atoms with E-state index >= 15 is 0 Å². The van der Waals surface area contributed by atoms with E-state index in [-0.39, 0.29) is 122 Å². The number of rotatable bonds is 0. The van der Waals surface area contributed by atoms with Crippen LogP contribution in [-0.4, -0.2) is 89.3 Å². The smallest absolute Gasteiger partial charge is 1.00 e. The van der Waals surface area contributed by atoms with E-state index in [1.54, 1.807) is 0 Å². The van der Waals surface area contributed by atoms with E-state index in [1.807, 2.05) is 0 Å². The first kappa shape index (κ1) is 37.3. The minimum atomic E-state index is -5.39. The van der Waals surface area contributed by atoms with Crippen molar-refractivity contribution in [2.75, 3.05) is 0 Å². The summed E-state index contributed by atoms with van der Waals surface area (Å²) in [5.74, 6) is 0. The van der Waals surface area contributed by atoms with E-state index in [0.717, 1.165) is 0 Å². The van der Waals surface area contributed by atoms with Crippen LogP contribution in [0.15, 0.2) is 0 Å². The van der Waals surface area contributed by atoms with Crippen LogP contribution in [0.3, 0.4) is 0 Å². The summed E-state index contributed by atoms with van der Waals surface area (Å²) in [6.07, 6.45) is 0. The van der Waals surface area contributed by atoms with Gasteiger partial charge in [0.1, 0.15) is 0 Å². The van der Waals surface area contributed by atoms with Crippen molar-refractivity contribution in [1.82, 2.24) is 0 Å². The molecule has 0 aliphatic heterocycles. The summed E-state index contributed by atoms with van der Waals surface area (Å²) >= 11 is 0. The van der Waals surface area contributed by atoms with E-state index in [0.29, 0.717) is 0 Å². The SMILES string of the molecule is O=P([O-])([O-])[O-].S.S.[Al+3].[Ba+2].[H-].[H-].[H-].[H-].[Mg+2]. The second kappa shape index (κ2) is 18.5. The Labute approximate surface area is 146 Å². The standard InChI is InChI=1S/Al.Ba.Mg.H3O4P.2H2S.4H/c;;;1-5(2,3)4;;;;;;/h;;;(H3,1,2,3,4);2*1H2;;;;/q+3;2*+2;;;;4*-1/p-3. The summed E-state index contributed by atoms with van der Waals surface area (Å²) in [7, 11) is -5.39. The van der Waals surface area contributed by atoms with Gasteiger partial charge in [0.25, 0.3) is 0 Å². The molecule has 0 unspecified atom stereocenters. The molecule has 0 radical (unpaired) electrons. The fraction of sp³-hybridized carbons (Fsp3) is 0. The zero-order valence-electron chi connectivity index (χ0n) is 9.07. The first-order valence-corrected chi connectivity index (χ1v) is 2.19. The molecule has 0 saturated heterocycles. The van der Waals surface area contributed by atoms with Crippen LogP contribution in [0.25, 0.3) is 0 Å². The van der Waals surface area contributed by atoms with Gasteiger partial charge in [-0.1, -0.05) is 0 Å². The van der Waals surface area contributed by atoms with Gasteiger partial charge in [-0.15, -0.1) is 0 Å². The Morgan fingerprint density at radius 1 is 1.10 bits per heavy atom. The van der Waals surface area contributed by atoms with Crippen molar-refractivity contribution in [2.45, 2.75) is 0 Å². The van der Waals surface area contributed by atoms with Crippen LogP contribution < -0.4 is 14.7 Å². The Morgan fingerprint density at radius 3 is 1.10 bits per heavy atom. The zero-order valence-corrected chi connectivity index (χ0v) is 15.0. The largest absolute Gasteiger partial charge is 3.00 e. The number of hydrogen-bond acceptors (Lipinski definition) is 4. The van der Waals surface area contributed by atoms with Crippen molar-refractivity contribution in [1.29, 1.82) is 0 Å². The maximum Gasteiger partial charge on any atom is 3.00 e. The molecule has 0 saturated carbocycles. The van der Waals surface area contributed by atoms with E-state index in [9.17, 15) is 0 Å². The average Bonchev–Trinajstić information content (AvgIpc) is 0.722. The molecule has 0 aromatic heterocycles. The van der Waals surface area contributed by atoms with Gasteiger partial charge in [-0.2, -0.15) is 34.8 Å². The van der Waals surface area contributed by atoms with Gasteiger partial charge < -0.3 is 25.0 Å². The molecule has 0 aliphatic rings. The van der Waals surface area contributed by atoms with Crippen molar-refractivity contribution < 1.29 is 25.0 Å². The molecule has 0 fully saturated rings. The monoisotopic (exact) mass is 356 g/mol. The maximum atomic E-state index is 8.55. The first-order valence-electron chi connectivity index (χ1n) is 0.730. The van der Waals surface area contributed by atoms with Gasteiger partial charge in [0, 0.05) is 0 Å². The molecule has 0 spiro atoms. The summed E-state index contributed by atoms with van der Waals surface area (Å²) in [6.45, 7) is 0. The molecule has 0 rings (SSSR count). The third kappa shape index (κ3) is 98.4. The van der Waals surface area contributed by atoms with Crippen LogP contribution >= 0.6 is 34.8 Å². The van der Waals surface area contributed by atoms with Gasteiger partial charge in [0.2, 0.25) is 0 Å². The average molecular weight is 356 g/mol. The molecule has 4 nitrogen and oxygen atoms in total. The molecule has 0 bridgehead atoms. The third-order valence-electron chi connectivity index (χ3n) is 0. The fourth-order valence-corrected chi connectivity index (χ4v) is 0. The summed E-state index contributed by atoms with van der Waals surface area (Å²) in [5.41, 5.74) is 0. The van der Waals surface area contributed by atoms with E-state index in [1.165, 1.54) is 0 Å². The second-order valence-corrected chi connectivity index (χ2v) is 1.34. The molecule has 0 heterocycles. The van der Waals surface area contributed by atoms with Gasteiger partial charge in [0.05, 0.1) is 0 Å². The molecule has 0 N–H and O–H groups in total. The van der Waals surface area contributed by atoms with Gasteiger partial charge in [0.15, 0.2) is 0 Å². The van der Waals surface area contributed by atoms with Gasteiger partial charge in [-0.3, -0.25) is 0 Å². The molecular formula is H8AlBaMgO4PS2. The van der Waals surface area contributed by atoms with Gasteiger partial charge in [-0.25, -0.2) is 0 Å². The van der Waals surface area contributed by atoms with Crippen molar-refractivity contribution in [3.8, 4) is 0 Å². The molecule has 10 heteroatoms. The molecular weight excluding hydrogens is 348 g/mol. The summed E-state index contributed by atoms with van der Waals surface area (Å²) in [4.78, 5) is 25.6. The fourth-order valence-electron chi connectivity index (χ4n) is 0. The van der Waals surface area contributed by atoms with Gasteiger partial charge >= 0.3 is 89.3 Å². The van der Waals surface area contributed by atoms with E-state index in [4.69, 9.17) is 19.2 Å². The zero-order chi connectivity index (χ0) is 4.50. The quantitative estimate of drug-likeness (QED) is 0.337. The molecule has 0 atom stereocenters. The van der Waals surface area contributed by atoms with Crippen molar-refractivity contribution in [3.63, 3.8) is 0 Å². The van der Waals surface area contributed by atoms with Crippen molar-refractivity contribution in [3.05, 3.63) is 0 Å². The predicted molar refractivity (Wildman–Crippen MR) is 50.1 cm³/mol. The summed E-state index contributed by atoms with van der Waals surface area (Å²) in [6, 6.07) is 0. The van der Waals surface area contributed by atoms with Gasteiger partial charge in [-0.05, 0) is 0 Å². The van der Waals surface area contributed by atoms with Crippen LogP contribution in [0.2, 0.25) is 0 Å². The summed E-state index contributed by atoms with van der Waals surface area (Å²) < 4.78 is 8.55. The van der Waals surface area contributed by atoms with Crippen LogP contribution in [0.1, 0.15) is 5.71 Å². The van der Waals surface area contributed by atoms with Crippen LogP contribution in [0.5, 0.6) is 0 Å². The maximum absolute atomic E-state index is 8.55. The molecule has 56 valence electrons. The molecule has 10 heavy (non-hydrogen) atoms. The van der Waals surface area contributed by atoms with Crippen molar-refractivity contribution >= 4 is 124 Å². The Morgan fingerprint density at radius 2 is 1.10 bits per heavy atom. The second-order valence-electron chi connectivity index (χ2n) is 0.447. The molecule has 0 aliphatic carbocycles. The Kier molecular flexibility index (Phi) is 68.8. The summed E-state index contributed by atoms with van der Waals surface area (Å²) in [5, 5.41) is 0. The molecule has 0 amide bonds. The number of hydrogen-bond donors (Lipinski definition) is 0. The Balaban J connectivity index is -0.00000000222. The van der Waals surface area contributed by atoms with Crippen molar-refractivity contribution in [2.24, 2.45) is 0 Å².